The molecule has 0 spiro atoms. The van der Waals surface area contributed by atoms with E-state index < -0.39 is 0 Å². The molecule has 3 heterocycles. The molecule has 1 aromatic heterocycles. The van der Waals surface area contributed by atoms with Crippen LogP contribution in [0.4, 0.5) is 0 Å². The zero-order valence-electron chi connectivity index (χ0n) is 24.3. The van der Waals surface area contributed by atoms with Crippen molar-refractivity contribution in [1.29, 1.82) is 0 Å². The molecule has 222 valence electrons. The lowest BCUT2D eigenvalue weighted by Crippen LogP contribution is -2.41. The van der Waals surface area contributed by atoms with Crippen LogP contribution in [-0.2, 0) is 24.2 Å². The molecule has 2 aliphatic heterocycles. The van der Waals surface area contributed by atoms with Gasteiger partial charge in [-0.15, -0.1) is 0 Å². The van der Waals surface area contributed by atoms with Gasteiger partial charge in [0.1, 0.15) is 11.5 Å². The van der Waals surface area contributed by atoms with E-state index in [1.165, 1.54) is 12.8 Å². The van der Waals surface area contributed by atoms with Gasteiger partial charge in [0.25, 0.3) is 11.8 Å². The summed E-state index contributed by atoms with van der Waals surface area (Å²) in [5, 5.41) is 16.4. The minimum atomic E-state index is -0.300. The van der Waals surface area contributed by atoms with E-state index >= 15 is 0 Å². The van der Waals surface area contributed by atoms with Crippen LogP contribution in [0.25, 0.3) is 11.1 Å². The highest BCUT2D eigenvalue weighted by Crippen LogP contribution is 2.31. The molecular formula is C33H40N4O5. The van der Waals surface area contributed by atoms with Crippen molar-refractivity contribution >= 4 is 17.7 Å². The van der Waals surface area contributed by atoms with Crippen LogP contribution >= 0.6 is 0 Å². The number of amides is 3. The molecule has 2 aromatic carbocycles. The molecule has 0 aliphatic carbocycles. The third-order valence-corrected chi connectivity index (χ3v) is 8.02. The number of nitrogens with one attached hydrogen (secondary N) is 2. The van der Waals surface area contributed by atoms with E-state index in [0.29, 0.717) is 56.4 Å². The summed E-state index contributed by atoms with van der Waals surface area (Å²) >= 11 is 0. The van der Waals surface area contributed by atoms with E-state index in [-0.39, 0.29) is 35.8 Å². The van der Waals surface area contributed by atoms with E-state index in [4.69, 9.17) is 4.42 Å². The van der Waals surface area contributed by atoms with Crippen LogP contribution in [0.15, 0.2) is 52.9 Å². The molecule has 3 N–H and O–H groups in total. The maximum atomic E-state index is 13.6. The topological polar surface area (TPSA) is 115 Å². The molecular weight excluding hydrogens is 532 g/mol. The SMILES string of the molecule is CCc1oc(C(=O)N2CCCCNC(=O)c3cccc(c3)-c3cc(ccc3O)CCNC(=O)C2)cc1CN1CCCC1. The molecule has 5 rings (SSSR count). The van der Waals surface area contributed by atoms with Gasteiger partial charge < -0.3 is 25.1 Å². The Morgan fingerprint density at radius 1 is 0.929 bits per heavy atom. The lowest BCUT2D eigenvalue weighted by atomic mass is 9.98. The van der Waals surface area contributed by atoms with Gasteiger partial charge in [0.15, 0.2) is 5.76 Å². The number of likely N-dealkylation sites (tertiary alicyclic amines) is 1. The second kappa shape index (κ2) is 13.7. The summed E-state index contributed by atoms with van der Waals surface area (Å²) in [6, 6.07) is 14.3. The van der Waals surface area contributed by atoms with Crippen LogP contribution in [0.5, 0.6) is 5.75 Å². The predicted octanol–water partition coefficient (Wildman–Crippen LogP) is 4.14. The number of carbonyl (C=O) groups excluding carboxylic acids is 3. The molecule has 9 heteroatoms. The Morgan fingerprint density at radius 3 is 2.52 bits per heavy atom. The Kier molecular flexibility index (Phi) is 9.59. The van der Waals surface area contributed by atoms with Gasteiger partial charge in [0.2, 0.25) is 5.91 Å². The number of fused-ring (bicyclic) bond motifs is 5. The molecule has 0 unspecified atom stereocenters. The highest BCUT2D eigenvalue weighted by molar-refractivity contribution is 5.96. The van der Waals surface area contributed by atoms with E-state index in [0.717, 1.165) is 42.1 Å². The Balaban J connectivity index is 1.33. The van der Waals surface area contributed by atoms with Gasteiger partial charge in [0.05, 0.1) is 6.54 Å². The van der Waals surface area contributed by atoms with Gasteiger partial charge in [-0.2, -0.15) is 0 Å². The van der Waals surface area contributed by atoms with Crippen LogP contribution in [-0.4, -0.2) is 71.9 Å². The van der Waals surface area contributed by atoms with Gasteiger partial charge in [-0.05, 0) is 86.7 Å². The standard InChI is InChI=1S/C33H40N4O5/c1-2-29-26(21-36-15-5-6-16-36)20-30(42-29)33(41)37-17-4-3-13-35-32(40)25-9-7-8-24(19-25)27-18-23(10-11-28(27)38)12-14-34-31(39)22-37/h7-11,18-20,38H,2-6,12-17,21-22H2,1H3,(H,34,39)(H,35,40). The highest BCUT2D eigenvalue weighted by Gasteiger charge is 2.25. The van der Waals surface area contributed by atoms with Crippen molar-refractivity contribution in [1.82, 2.24) is 20.4 Å². The third-order valence-electron chi connectivity index (χ3n) is 8.02. The lowest BCUT2D eigenvalue weighted by molar-refractivity contribution is -0.121. The van der Waals surface area contributed by atoms with Crippen molar-refractivity contribution in [2.75, 3.05) is 39.3 Å². The highest BCUT2D eigenvalue weighted by atomic mass is 16.4. The van der Waals surface area contributed by atoms with Crippen molar-refractivity contribution in [3.63, 3.8) is 0 Å². The average Bonchev–Trinajstić information content (AvgIpc) is 3.66. The number of phenols is 1. The Hall–Kier alpha value is -4.11. The first-order valence-electron chi connectivity index (χ1n) is 15.0. The third kappa shape index (κ3) is 7.20. The van der Waals surface area contributed by atoms with Crippen molar-refractivity contribution in [2.45, 2.75) is 52.0 Å². The summed E-state index contributed by atoms with van der Waals surface area (Å²) in [7, 11) is 0. The smallest absolute Gasteiger partial charge is 0.290 e. The fraction of sp³-hybridized carbons (Fsp3) is 0.424. The van der Waals surface area contributed by atoms with Crippen LogP contribution in [0.3, 0.4) is 0 Å². The molecule has 0 radical (unpaired) electrons. The second-order valence-electron chi connectivity index (χ2n) is 11.1. The summed E-state index contributed by atoms with van der Waals surface area (Å²) in [5.74, 6) is 0.456. The van der Waals surface area contributed by atoms with Crippen LogP contribution in [0, 0.1) is 0 Å². The number of hydrogen-bond acceptors (Lipinski definition) is 6. The van der Waals surface area contributed by atoms with Gasteiger partial charge in [0, 0.05) is 49.3 Å². The van der Waals surface area contributed by atoms with Crippen LogP contribution in [0.1, 0.15) is 70.4 Å². The minimum Gasteiger partial charge on any atom is -0.507 e. The Bertz CT molecular complexity index is 1430. The van der Waals surface area contributed by atoms with E-state index in [1.54, 1.807) is 29.2 Å². The molecule has 1 saturated heterocycles. The largest absolute Gasteiger partial charge is 0.507 e. The lowest BCUT2D eigenvalue weighted by Gasteiger charge is -2.21. The first kappa shape index (κ1) is 29.4. The summed E-state index contributed by atoms with van der Waals surface area (Å²) in [6.45, 7) is 5.98. The summed E-state index contributed by atoms with van der Waals surface area (Å²) in [5.41, 5.74) is 3.85. The van der Waals surface area contributed by atoms with Crippen LogP contribution in [0.2, 0.25) is 0 Å². The molecule has 3 aromatic rings. The first-order valence-corrected chi connectivity index (χ1v) is 15.0. The van der Waals surface area contributed by atoms with Gasteiger partial charge in [-0.1, -0.05) is 25.1 Å². The quantitative estimate of drug-likeness (QED) is 0.433. The van der Waals surface area contributed by atoms with Crippen LogP contribution < -0.4 is 10.6 Å². The Labute approximate surface area is 246 Å². The Morgan fingerprint density at radius 2 is 1.71 bits per heavy atom. The number of hydrogen-bond donors (Lipinski definition) is 3. The zero-order chi connectivity index (χ0) is 29.5. The summed E-state index contributed by atoms with van der Waals surface area (Å²) in [6.07, 6.45) is 4.87. The maximum absolute atomic E-state index is 13.6. The predicted molar refractivity (Wildman–Crippen MR) is 160 cm³/mol. The number of nitrogens with zero attached hydrogens (tertiary/aromatic N) is 2. The number of aromatic hydroxyl groups is 1. The van der Waals surface area contributed by atoms with Gasteiger partial charge in [-0.3, -0.25) is 19.3 Å². The normalized spacial score (nSPS) is 17.3. The zero-order valence-corrected chi connectivity index (χ0v) is 24.3. The molecule has 3 amide bonds. The number of benzene rings is 2. The number of rotatable bonds is 4. The number of furan rings is 1. The molecule has 4 bridgehead atoms. The second-order valence-corrected chi connectivity index (χ2v) is 11.1. The summed E-state index contributed by atoms with van der Waals surface area (Å²) in [4.78, 5) is 43.4. The fourth-order valence-electron chi connectivity index (χ4n) is 5.70. The number of phenolic OH excluding ortho intramolecular Hbond substituents is 1. The molecule has 0 saturated carbocycles. The maximum Gasteiger partial charge on any atom is 0.290 e. The molecule has 9 nitrogen and oxygen atoms in total. The van der Waals surface area contributed by atoms with Crippen molar-refractivity contribution < 1.29 is 23.9 Å². The molecule has 0 atom stereocenters. The van der Waals surface area contributed by atoms with E-state index in [9.17, 15) is 19.5 Å². The van der Waals surface area contributed by atoms with E-state index in [1.807, 2.05) is 31.2 Å². The van der Waals surface area contributed by atoms with Crippen molar-refractivity contribution in [3.05, 3.63) is 76.7 Å². The minimum absolute atomic E-state index is 0.0831. The number of aryl methyl sites for hydroxylation is 1. The van der Waals surface area contributed by atoms with Gasteiger partial charge >= 0.3 is 0 Å². The van der Waals surface area contributed by atoms with Crippen molar-refractivity contribution in [3.8, 4) is 16.9 Å². The fourth-order valence-corrected chi connectivity index (χ4v) is 5.70. The monoisotopic (exact) mass is 572 g/mol. The first-order chi connectivity index (χ1) is 20.4. The average molecular weight is 573 g/mol. The molecule has 1 fully saturated rings. The number of carbonyl (C=O) groups is 3. The van der Waals surface area contributed by atoms with Gasteiger partial charge in [-0.25, -0.2) is 0 Å². The molecule has 42 heavy (non-hydrogen) atoms. The van der Waals surface area contributed by atoms with E-state index in [2.05, 4.69) is 15.5 Å². The van der Waals surface area contributed by atoms with Crippen molar-refractivity contribution in [2.24, 2.45) is 0 Å². The summed E-state index contributed by atoms with van der Waals surface area (Å²) < 4.78 is 6.03. The molecule has 2 aliphatic rings.